The maximum atomic E-state index is 11.2. The van der Waals surface area contributed by atoms with Crippen LogP contribution >= 0.6 is 0 Å². The van der Waals surface area contributed by atoms with E-state index in [2.05, 4.69) is 0 Å². The first-order valence-corrected chi connectivity index (χ1v) is 6.59. The van der Waals surface area contributed by atoms with E-state index < -0.39 is 5.60 Å². The fraction of sp³-hybridized carbons (Fsp3) is 0.375. The van der Waals surface area contributed by atoms with E-state index in [0.29, 0.717) is 6.42 Å². The number of furan rings is 1. The van der Waals surface area contributed by atoms with Gasteiger partial charge in [-0.1, -0.05) is 11.6 Å². The fourth-order valence-electron chi connectivity index (χ4n) is 2.97. The number of benzene rings is 1. The lowest BCUT2D eigenvalue weighted by atomic mass is 9.77. The van der Waals surface area contributed by atoms with Gasteiger partial charge in [-0.3, -0.25) is 0 Å². The third kappa shape index (κ3) is 1.85. The lowest BCUT2D eigenvalue weighted by molar-refractivity contribution is 0.0563. The number of hydrogen-bond donors (Lipinski definition) is 1. The predicted octanol–water partition coefficient (Wildman–Crippen LogP) is 3.17. The molecule has 1 aliphatic rings. The quantitative estimate of drug-likeness (QED) is 0.899. The zero-order valence-electron chi connectivity index (χ0n) is 11.3. The van der Waals surface area contributed by atoms with Gasteiger partial charge in [0.05, 0.1) is 13.4 Å². The molecule has 100 valence electrons. The highest BCUT2D eigenvalue weighted by atomic mass is 16.5. The van der Waals surface area contributed by atoms with Crippen LogP contribution in [0.25, 0.3) is 0 Å². The molecule has 1 aromatic heterocycles. The predicted molar refractivity (Wildman–Crippen MR) is 72.4 cm³/mol. The molecule has 1 heterocycles. The van der Waals surface area contributed by atoms with E-state index in [4.69, 9.17) is 9.15 Å². The summed E-state index contributed by atoms with van der Waals surface area (Å²) < 4.78 is 10.9. The van der Waals surface area contributed by atoms with Gasteiger partial charge in [0.25, 0.3) is 0 Å². The van der Waals surface area contributed by atoms with Crippen molar-refractivity contribution in [3.63, 3.8) is 0 Å². The van der Waals surface area contributed by atoms with Gasteiger partial charge in [-0.2, -0.15) is 0 Å². The van der Waals surface area contributed by atoms with Crippen LogP contribution in [0.1, 0.15) is 35.3 Å². The van der Waals surface area contributed by atoms with Crippen molar-refractivity contribution < 1.29 is 14.3 Å². The fourth-order valence-corrected chi connectivity index (χ4v) is 2.97. The molecule has 2 aromatic rings. The van der Waals surface area contributed by atoms with Crippen LogP contribution in [-0.4, -0.2) is 12.2 Å². The van der Waals surface area contributed by atoms with Gasteiger partial charge in [0.15, 0.2) is 0 Å². The highest BCUT2D eigenvalue weighted by molar-refractivity contribution is 5.48. The van der Waals surface area contributed by atoms with Crippen molar-refractivity contribution in [3.05, 3.63) is 53.0 Å². The van der Waals surface area contributed by atoms with E-state index in [0.717, 1.165) is 41.0 Å². The van der Waals surface area contributed by atoms with Crippen molar-refractivity contribution in [2.75, 3.05) is 7.11 Å². The molecular formula is C16H18O3. The van der Waals surface area contributed by atoms with Gasteiger partial charge in [-0.25, -0.2) is 0 Å². The summed E-state index contributed by atoms with van der Waals surface area (Å²) in [6.45, 7) is 2.02. The maximum absolute atomic E-state index is 11.2. The van der Waals surface area contributed by atoms with Gasteiger partial charge in [-0.15, -0.1) is 0 Å². The Labute approximate surface area is 112 Å². The Kier molecular flexibility index (Phi) is 2.86. The standard InChI is InChI=1S/C16H18O3/c1-11-5-6-14(18-2)13(10-11)16(17)8-3-4-15-12(16)7-9-19-15/h5-7,9-10,17H,3-4,8H2,1-2H3. The second-order valence-corrected chi connectivity index (χ2v) is 5.18. The summed E-state index contributed by atoms with van der Waals surface area (Å²) in [5.74, 6) is 1.61. The van der Waals surface area contributed by atoms with Gasteiger partial charge in [0, 0.05) is 17.5 Å². The molecule has 0 spiro atoms. The van der Waals surface area contributed by atoms with Gasteiger partial charge >= 0.3 is 0 Å². The monoisotopic (exact) mass is 258 g/mol. The summed E-state index contributed by atoms with van der Waals surface area (Å²) in [6, 6.07) is 7.78. The Bertz CT molecular complexity index is 600. The summed E-state index contributed by atoms with van der Waals surface area (Å²) in [4.78, 5) is 0. The van der Waals surface area contributed by atoms with Gasteiger partial charge in [-0.05, 0) is 38.0 Å². The van der Waals surface area contributed by atoms with Crippen LogP contribution in [-0.2, 0) is 12.0 Å². The van der Waals surface area contributed by atoms with E-state index in [1.54, 1.807) is 13.4 Å². The molecule has 0 radical (unpaired) electrons. The molecule has 1 N–H and O–H groups in total. The minimum Gasteiger partial charge on any atom is -0.496 e. The van der Waals surface area contributed by atoms with Crippen LogP contribution in [0.5, 0.6) is 5.75 Å². The van der Waals surface area contributed by atoms with Crippen molar-refractivity contribution >= 4 is 0 Å². The first-order valence-electron chi connectivity index (χ1n) is 6.59. The summed E-state index contributed by atoms with van der Waals surface area (Å²) >= 11 is 0. The third-order valence-electron chi connectivity index (χ3n) is 3.93. The molecule has 19 heavy (non-hydrogen) atoms. The third-order valence-corrected chi connectivity index (χ3v) is 3.93. The minimum absolute atomic E-state index is 0.694. The molecule has 1 aromatic carbocycles. The molecule has 1 aliphatic carbocycles. The average Bonchev–Trinajstić information content (AvgIpc) is 2.89. The van der Waals surface area contributed by atoms with Crippen molar-refractivity contribution in [3.8, 4) is 5.75 Å². The van der Waals surface area contributed by atoms with Crippen LogP contribution in [0, 0.1) is 6.92 Å². The van der Waals surface area contributed by atoms with Crippen LogP contribution in [0.3, 0.4) is 0 Å². The van der Waals surface area contributed by atoms with E-state index in [1.165, 1.54) is 0 Å². The number of aryl methyl sites for hydroxylation is 2. The Morgan fingerprint density at radius 1 is 1.26 bits per heavy atom. The van der Waals surface area contributed by atoms with Gasteiger partial charge < -0.3 is 14.3 Å². The normalized spacial score (nSPS) is 22.1. The number of methoxy groups -OCH3 is 1. The molecule has 0 saturated heterocycles. The summed E-state index contributed by atoms with van der Waals surface area (Å²) in [6.07, 6.45) is 4.15. The highest BCUT2D eigenvalue weighted by Gasteiger charge is 2.39. The van der Waals surface area contributed by atoms with Crippen LogP contribution in [0.15, 0.2) is 34.9 Å². The number of aliphatic hydroxyl groups is 1. The average molecular weight is 258 g/mol. The molecular weight excluding hydrogens is 240 g/mol. The Balaban J connectivity index is 2.19. The van der Waals surface area contributed by atoms with Crippen LogP contribution in [0.4, 0.5) is 0 Å². The molecule has 3 nitrogen and oxygen atoms in total. The van der Waals surface area contributed by atoms with Crippen molar-refractivity contribution in [1.82, 2.24) is 0 Å². The second kappa shape index (κ2) is 4.42. The summed E-state index contributed by atoms with van der Waals surface area (Å²) in [5.41, 5.74) is 1.82. The second-order valence-electron chi connectivity index (χ2n) is 5.18. The molecule has 1 atom stereocenters. The first kappa shape index (κ1) is 12.3. The van der Waals surface area contributed by atoms with Gasteiger partial charge in [0.2, 0.25) is 0 Å². The smallest absolute Gasteiger partial charge is 0.125 e. The van der Waals surface area contributed by atoms with Crippen LogP contribution < -0.4 is 4.74 Å². The largest absolute Gasteiger partial charge is 0.496 e. The summed E-state index contributed by atoms with van der Waals surface area (Å²) in [5, 5.41) is 11.2. The topological polar surface area (TPSA) is 42.6 Å². The Morgan fingerprint density at radius 3 is 2.89 bits per heavy atom. The zero-order valence-corrected chi connectivity index (χ0v) is 11.3. The number of ether oxygens (including phenoxy) is 1. The van der Waals surface area contributed by atoms with E-state index >= 15 is 0 Å². The number of fused-ring (bicyclic) bond motifs is 1. The summed E-state index contributed by atoms with van der Waals surface area (Å²) in [7, 11) is 1.64. The zero-order chi connectivity index (χ0) is 13.5. The SMILES string of the molecule is COc1ccc(C)cc1C1(O)CCCc2occc21. The van der Waals surface area contributed by atoms with E-state index in [1.807, 2.05) is 31.2 Å². The van der Waals surface area contributed by atoms with E-state index in [9.17, 15) is 5.11 Å². The maximum Gasteiger partial charge on any atom is 0.125 e. The van der Waals surface area contributed by atoms with E-state index in [-0.39, 0.29) is 0 Å². The Hall–Kier alpha value is -1.74. The lowest BCUT2D eigenvalue weighted by Crippen LogP contribution is -2.31. The molecule has 0 aliphatic heterocycles. The van der Waals surface area contributed by atoms with Crippen molar-refractivity contribution in [2.24, 2.45) is 0 Å². The lowest BCUT2D eigenvalue weighted by Gasteiger charge is -2.33. The molecule has 0 amide bonds. The number of hydrogen-bond acceptors (Lipinski definition) is 3. The molecule has 3 rings (SSSR count). The van der Waals surface area contributed by atoms with Gasteiger partial charge in [0.1, 0.15) is 17.1 Å². The highest BCUT2D eigenvalue weighted by Crippen LogP contribution is 2.44. The molecule has 0 bridgehead atoms. The minimum atomic E-state index is -1.00. The Morgan fingerprint density at radius 2 is 2.11 bits per heavy atom. The van der Waals surface area contributed by atoms with Crippen molar-refractivity contribution in [1.29, 1.82) is 0 Å². The molecule has 1 unspecified atom stereocenters. The van der Waals surface area contributed by atoms with Crippen LogP contribution in [0.2, 0.25) is 0 Å². The first-order chi connectivity index (χ1) is 9.15. The van der Waals surface area contributed by atoms with Crippen molar-refractivity contribution in [2.45, 2.75) is 31.8 Å². The number of rotatable bonds is 2. The molecule has 3 heteroatoms. The molecule has 0 fully saturated rings. The molecule has 0 saturated carbocycles.